The molecule has 1 aromatic carbocycles. The van der Waals surface area contributed by atoms with E-state index < -0.39 is 0 Å². The number of fused-ring (bicyclic) bond motifs is 1. The van der Waals surface area contributed by atoms with Gasteiger partial charge in [-0.25, -0.2) is 0 Å². The first-order valence-electron chi connectivity index (χ1n) is 12.0. The molecule has 0 N–H and O–H groups in total. The molecule has 2 aromatic rings. The number of aromatic nitrogens is 2. The molecule has 32 heavy (non-hydrogen) atoms. The second kappa shape index (κ2) is 7.75. The van der Waals surface area contributed by atoms with Gasteiger partial charge in [0.15, 0.2) is 0 Å². The Morgan fingerprint density at radius 1 is 1.09 bits per heavy atom. The Morgan fingerprint density at radius 2 is 1.78 bits per heavy atom. The highest BCUT2D eigenvalue weighted by Gasteiger charge is 2.64. The predicted octanol–water partition coefficient (Wildman–Crippen LogP) is 4.08. The van der Waals surface area contributed by atoms with Gasteiger partial charge in [0.1, 0.15) is 5.69 Å². The SMILES string of the molecule is CC(=O)N1[C@H]2CCC[C@H]3N(C(=O)c4ccnn4C(C)C)[C@@H](Cc4ccccc4)[C@@H]1C[C@@]23C. The van der Waals surface area contributed by atoms with Gasteiger partial charge in [0.05, 0.1) is 12.1 Å². The zero-order chi connectivity index (χ0) is 22.6. The summed E-state index contributed by atoms with van der Waals surface area (Å²) in [5, 5.41) is 4.44. The molecular weight excluding hydrogens is 400 g/mol. The lowest BCUT2D eigenvalue weighted by Gasteiger charge is -2.53. The van der Waals surface area contributed by atoms with E-state index in [9.17, 15) is 9.59 Å². The quantitative estimate of drug-likeness (QED) is 0.729. The second-order valence-electron chi connectivity index (χ2n) is 10.4. The fourth-order valence-corrected chi connectivity index (χ4v) is 6.95. The summed E-state index contributed by atoms with van der Waals surface area (Å²) in [6.07, 6.45) is 6.55. The number of benzene rings is 1. The number of nitrogens with zero attached hydrogens (tertiary/aromatic N) is 4. The molecule has 0 spiro atoms. The minimum atomic E-state index is -0.0554. The molecule has 3 aliphatic rings. The average molecular weight is 435 g/mol. The van der Waals surface area contributed by atoms with Crippen LogP contribution in [-0.4, -0.2) is 55.6 Å². The average Bonchev–Trinajstić information content (AvgIpc) is 3.36. The predicted molar refractivity (Wildman–Crippen MR) is 123 cm³/mol. The Bertz CT molecular complexity index is 1020. The molecule has 2 bridgehead atoms. The van der Waals surface area contributed by atoms with Crippen LogP contribution in [0.15, 0.2) is 42.6 Å². The Labute approximate surface area is 190 Å². The number of amides is 2. The normalized spacial score (nSPS) is 31.3. The van der Waals surface area contributed by atoms with Gasteiger partial charge in [0.2, 0.25) is 5.91 Å². The smallest absolute Gasteiger partial charge is 0.272 e. The van der Waals surface area contributed by atoms with Crippen LogP contribution in [0.4, 0.5) is 0 Å². The molecule has 2 aliphatic heterocycles. The van der Waals surface area contributed by atoms with Gasteiger partial charge in [-0.05, 0) is 57.6 Å². The number of hydrogen-bond donors (Lipinski definition) is 0. The monoisotopic (exact) mass is 434 g/mol. The first-order chi connectivity index (χ1) is 15.3. The number of carbonyl (C=O) groups is 2. The minimum absolute atomic E-state index is 0.0366. The number of piperidine rings is 1. The number of rotatable bonds is 4. The molecule has 170 valence electrons. The third-order valence-electron chi connectivity index (χ3n) is 8.22. The van der Waals surface area contributed by atoms with Crippen molar-refractivity contribution in [2.75, 3.05) is 0 Å². The molecular formula is C26H34N4O2. The molecule has 1 saturated carbocycles. The molecule has 2 saturated heterocycles. The van der Waals surface area contributed by atoms with E-state index in [0.717, 1.165) is 32.1 Å². The van der Waals surface area contributed by atoms with E-state index in [1.807, 2.05) is 16.8 Å². The largest absolute Gasteiger partial charge is 0.334 e. The van der Waals surface area contributed by atoms with E-state index in [1.54, 1.807) is 13.1 Å². The fraction of sp³-hybridized carbons (Fsp3) is 0.577. The maximum atomic E-state index is 14.2. The zero-order valence-corrected chi connectivity index (χ0v) is 19.6. The minimum Gasteiger partial charge on any atom is -0.334 e. The van der Waals surface area contributed by atoms with Crippen molar-refractivity contribution in [1.82, 2.24) is 19.6 Å². The van der Waals surface area contributed by atoms with E-state index >= 15 is 0 Å². The van der Waals surface area contributed by atoms with Gasteiger partial charge >= 0.3 is 0 Å². The first kappa shape index (κ1) is 21.2. The van der Waals surface area contributed by atoms with Crippen molar-refractivity contribution in [3.05, 3.63) is 53.9 Å². The lowest BCUT2D eigenvalue weighted by Crippen LogP contribution is -2.62. The van der Waals surface area contributed by atoms with Crippen molar-refractivity contribution < 1.29 is 9.59 Å². The van der Waals surface area contributed by atoms with Crippen molar-refractivity contribution in [3.8, 4) is 0 Å². The van der Waals surface area contributed by atoms with Crippen LogP contribution < -0.4 is 0 Å². The highest BCUT2D eigenvalue weighted by Crippen LogP contribution is 2.56. The molecule has 1 aliphatic carbocycles. The first-order valence-corrected chi connectivity index (χ1v) is 12.0. The number of hydrogen-bond acceptors (Lipinski definition) is 3. The molecule has 6 nitrogen and oxygen atoms in total. The summed E-state index contributed by atoms with van der Waals surface area (Å²) >= 11 is 0. The molecule has 1 aromatic heterocycles. The van der Waals surface area contributed by atoms with Crippen LogP contribution in [0.2, 0.25) is 0 Å². The second-order valence-corrected chi connectivity index (χ2v) is 10.4. The van der Waals surface area contributed by atoms with Crippen LogP contribution in [0.3, 0.4) is 0 Å². The highest BCUT2D eigenvalue weighted by atomic mass is 16.2. The molecule has 3 fully saturated rings. The van der Waals surface area contributed by atoms with Gasteiger partial charge in [-0.2, -0.15) is 5.10 Å². The van der Waals surface area contributed by atoms with Crippen molar-refractivity contribution >= 4 is 11.8 Å². The lowest BCUT2D eigenvalue weighted by molar-refractivity contribution is -0.133. The molecule has 5 atom stereocenters. The van der Waals surface area contributed by atoms with Crippen molar-refractivity contribution in [3.63, 3.8) is 0 Å². The third-order valence-corrected chi connectivity index (χ3v) is 8.22. The van der Waals surface area contributed by atoms with Crippen LogP contribution in [0, 0.1) is 5.41 Å². The maximum absolute atomic E-state index is 14.2. The topological polar surface area (TPSA) is 58.4 Å². The molecule has 5 rings (SSSR count). The lowest BCUT2D eigenvalue weighted by atomic mass is 9.64. The van der Waals surface area contributed by atoms with E-state index in [1.165, 1.54) is 5.56 Å². The Kier molecular flexibility index (Phi) is 5.14. The number of likely N-dealkylation sites (tertiary alicyclic amines) is 2. The molecule has 3 heterocycles. The summed E-state index contributed by atoms with van der Waals surface area (Å²) in [5.41, 5.74) is 1.81. The molecule has 0 unspecified atom stereocenters. The van der Waals surface area contributed by atoms with Gasteiger partial charge in [-0.1, -0.05) is 37.3 Å². The van der Waals surface area contributed by atoms with Crippen LogP contribution in [0.5, 0.6) is 0 Å². The van der Waals surface area contributed by atoms with Crippen LogP contribution in [0.1, 0.15) is 75.5 Å². The maximum Gasteiger partial charge on any atom is 0.272 e. The van der Waals surface area contributed by atoms with Gasteiger partial charge in [0.25, 0.3) is 5.91 Å². The highest BCUT2D eigenvalue weighted by molar-refractivity contribution is 5.93. The van der Waals surface area contributed by atoms with E-state index in [2.05, 4.69) is 59.9 Å². The Hall–Kier alpha value is -2.63. The molecule has 0 radical (unpaired) electrons. The van der Waals surface area contributed by atoms with E-state index in [-0.39, 0.29) is 47.4 Å². The van der Waals surface area contributed by atoms with Crippen molar-refractivity contribution in [2.45, 2.75) is 90.0 Å². The summed E-state index contributed by atoms with van der Waals surface area (Å²) in [6.45, 7) is 8.13. The molecule has 2 amide bonds. The van der Waals surface area contributed by atoms with Gasteiger partial charge in [0, 0.05) is 36.7 Å². The standard InChI is InChI=1S/C26H34N4O2/c1-17(2)30-20(13-14-27-30)25(32)29-21(15-19-9-6-5-7-10-19)22-16-26(4)23(28(22)18(3)31)11-8-12-24(26)29/h5-7,9-10,13-14,17,21-24H,8,11-12,15-16H2,1-4H3/t21-,22-,23-,24+,26-/m0/s1. The summed E-state index contributed by atoms with van der Waals surface area (Å²) in [6, 6.07) is 12.7. The third kappa shape index (κ3) is 3.10. The zero-order valence-electron chi connectivity index (χ0n) is 19.6. The number of carbonyl (C=O) groups excluding carboxylic acids is 2. The van der Waals surface area contributed by atoms with Gasteiger partial charge < -0.3 is 9.80 Å². The van der Waals surface area contributed by atoms with Crippen molar-refractivity contribution in [2.24, 2.45) is 5.41 Å². The van der Waals surface area contributed by atoms with E-state index in [4.69, 9.17) is 0 Å². The Balaban J connectivity index is 1.62. The van der Waals surface area contributed by atoms with Gasteiger partial charge in [-0.15, -0.1) is 0 Å². The van der Waals surface area contributed by atoms with Crippen LogP contribution in [-0.2, 0) is 11.2 Å². The summed E-state index contributed by atoms with van der Waals surface area (Å²) in [4.78, 5) is 31.4. The van der Waals surface area contributed by atoms with E-state index in [0.29, 0.717) is 5.69 Å². The summed E-state index contributed by atoms with van der Waals surface area (Å²) < 4.78 is 1.84. The summed E-state index contributed by atoms with van der Waals surface area (Å²) in [5.74, 6) is 0.202. The summed E-state index contributed by atoms with van der Waals surface area (Å²) in [7, 11) is 0. The fourth-order valence-electron chi connectivity index (χ4n) is 6.95. The Morgan fingerprint density at radius 3 is 2.44 bits per heavy atom. The van der Waals surface area contributed by atoms with Crippen LogP contribution >= 0.6 is 0 Å². The molecule has 6 heteroatoms. The van der Waals surface area contributed by atoms with Gasteiger partial charge in [-0.3, -0.25) is 14.3 Å². The van der Waals surface area contributed by atoms with Crippen LogP contribution in [0.25, 0.3) is 0 Å². The van der Waals surface area contributed by atoms with Crippen molar-refractivity contribution in [1.29, 1.82) is 0 Å².